The van der Waals surface area contributed by atoms with Gasteiger partial charge in [0.05, 0.1) is 27.6 Å². The highest BCUT2D eigenvalue weighted by molar-refractivity contribution is 7.91. The van der Waals surface area contributed by atoms with Crippen LogP contribution in [0.15, 0.2) is 101 Å². The van der Waals surface area contributed by atoms with Crippen LogP contribution in [0.2, 0.25) is 5.02 Å². The van der Waals surface area contributed by atoms with Gasteiger partial charge in [-0.1, -0.05) is 48.0 Å². The average molecular weight is 600 g/mol. The number of carbonyl (C=O) groups excluding carboxylic acids is 2. The Balaban J connectivity index is 1.36. The fourth-order valence-electron chi connectivity index (χ4n) is 5.78. The first-order chi connectivity index (χ1) is 20.1. The van der Waals surface area contributed by atoms with Crippen LogP contribution in [0.1, 0.15) is 38.8 Å². The van der Waals surface area contributed by atoms with Gasteiger partial charge in [-0.05, 0) is 79.6 Å². The van der Waals surface area contributed by atoms with Crippen LogP contribution in [0.3, 0.4) is 0 Å². The minimum absolute atomic E-state index is 0.0102. The highest BCUT2D eigenvalue weighted by Crippen LogP contribution is 2.38. The molecule has 2 amide bonds. The zero-order valence-corrected chi connectivity index (χ0v) is 24.9. The van der Waals surface area contributed by atoms with E-state index in [1.807, 2.05) is 6.07 Å². The fourth-order valence-corrected chi connectivity index (χ4v) is 7.54. The molecule has 4 aromatic carbocycles. The Morgan fingerprint density at radius 2 is 1.67 bits per heavy atom. The van der Waals surface area contributed by atoms with Crippen molar-refractivity contribution in [3.63, 3.8) is 0 Å². The summed E-state index contributed by atoms with van der Waals surface area (Å²) in [6.07, 6.45) is 0. The molecule has 2 aliphatic heterocycles. The molecule has 6 rings (SSSR count). The zero-order chi connectivity index (χ0) is 29.6. The number of hydrogen-bond acceptors (Lipinski definition) is 5. The number of amides is 2. The first kappa shape index (κ1) is 28.0. The monoisotopic (exact) mass is 599 g/mol. The largest absolute Gasteiger partial charge is 0.365 e. The van der Waals surface area contributed by atoms with Gasteiger partial charge in [0.15, 0.2) is 0 Å². The minimum Gasteiger partial charge on any atom is -0.365 e. The number of carbonyl (C=O) groups is 2. The standard InChI is InChI=1S/C33H30ClN3O4S/c1-22-6-5-7-27(18-22)36-17-16-35(20-23(36)2)32(38)25-12-15-31-29(19-25)37(21-24-10-13-26(34)14-11-24)33(39)28-8-3-4-9-30(28)42(31,40)41/h3-15,18-19,23H,16-17,20-21H2,1-2H3. The molecule has 9 heteroatoms. The maximum atomic E-state index is 13.9. The van der Waals surface area contributed by atoms with E-state index in [-0.39, 0.29) is 39.5 Å². The minimum atomic E-state index is -4.04. The van der Waals surface area contributed by atoms with Crippen molar-refractivity contribution < 1.29 is 18.0 Å². The van der Waals surface area contributed by atoms with E-state index in [0.29, 0.717) is 30.2 Å². The summed E-state index contributed by atoms with van der Waals surface area (Å²) in [5, 5.41) is 0.555. The van der Waals surface area contributed by atoms with Crippen molar-refractivity contribution in [2.75, 3.05) is 29.4 Å². The Morgan fingerprint density at radius 1 is 0.905 bits per heavy atom. The lowest BCUT2D eigenvalue weighted by Crippen LogP contribution is -2.53. The van der Waals surface area contributed by atoms with E-state index in [2.05, 4.69) is 36.9 Å². The van der Waals surface area contributed by atoms with Crippen molar-refractivity contribution in [1.82, 2.24) is 4.90 Å². The lowest BCUT2D eigenvalue weighted by molar-refractivity contribution is 0.0726. The number of rotatable bonds is 4. The maximum absolute atomic E-state index is 13.9. The first-order valence-electron chi connectivity index (χ1n) is 13.8. The molecule has 1 atom stereocenters. The summed E-state index contributed by atoms with van der Waals surface area (Å²) >= 11 is 6.08. The smallest absolute Gasteiger partial charge is 0.259 e. The molecule has 42 heavy (non-hydrogen) atoms. The van der Waals surface area contributed by atoms with Gasteiger partial charge in [0.2, 0.25) is 9.84 Å². The van der Waals surface area contributed by atoms with Crippen LogP contribution in [0, 0.1) is 6.92 Å². The molecule has 2 heterocycles. The molecule has 0 N–H and O–H groups in total. The van der Waals surface area contributed by atoms with Gasteiger partial charge in [0, 0.05) is 41.9 Å². The number of sulfone groups is 1. The number of halogens is 1. The van der Waals surface area contributed by atoms with E-state index in [9.17, 15) is 18.0 Å². The highest BCUT2D eigenvalue weighted by atomic mass is 35.5. The molecule has 1 fully saturated rings. The molecule has 0 radical (unpaired) electrons. The topological polar surface area (TPSA) is 78.0 Å². The van der Waals surface area contributed by atoms with Crippen LogP contribution in [-0.4, -0.2) is 50.8 Å². The molecule has 2 aliphatic rings. The van der Waals surface area contributed by atoms with Crippen molar-refractivity contribution >= 4 is 44.6 Å². The Labute approximate surface area is 250 Å². The molecule has 0 bridgehead atoms. The van der Waals surface area contributed by atoms with Crippen LogP contribution >= 0.6 is 11.6 Å². The first-order valence-corrected chi connectivity index (χ1v) is 15.7. The van der Waals surface area contributed by atoms with E-state index in [1.165, 1.54) is 28.7 Å². The summed E-state index contributed by atoms with van der Waals surface area (Å²) in [6.45, 7) is 5.97. The molecule has 4 aromatic rings. The molecule has 0 aliphatic carbocycles. The van der Waals surface area contributed by atoms with E-state index >= 15 is 0 Å². The van der Waals surface area contributed by atoms with Gasteiger partial charge in [0.25, 0.3) is 11.8 Å². The van der Waals surface area contributed by atoms with Crippen LogP contribution in [0.4, 0.5) is 11.4 Å². The Morgan fingerprint density at radius 3 is 2.40 bits per heavy atom. The molecule has 1 saturated heterocycles. The van der Waals surface area contributed by atoms with Gasteiger partial charge in [-0.25, -0.2) is 8.42 Å². The molecule has 0 saturated carbocycles. The molecular formula is C33H30ClN3O4S. The summed E-state index contributed by atoms with van der Waals surface area (Å²) in [7, 11) is -4.04. The summed E-state index contributed by atoms with van der Waals surface area (Å²) in [6, 6.07) is 26.2. The third-order valence-corrected chi connectivity index (χ3v) is 10.1. The second-order valence-corrected chi connectivity index (χ2v) is 13.2. The third-order valence-electron chi connectivity index (χ3n) is 7.94. The fraction of sp³-hybridized carbons (Fsp3) is 0.212. The van der Waals surface area contributed by atoms with E-state index < -0.39 is 15.7 Å². The summed E-state index contributed by atoms with van der Waals surface area (Å²) < 4.78 is 27.7. The number of fused-ring (bicyclic) bond motifs is 2. The van der Waals surface area contributed by atoms with E-state index in [0.717, 1.165) is 11.3 Å². The van der Waals surface area contributed by atoms with Gasteiger partial charge < -0.3 is 14.7 Å². The number of aryl methyl sites for hydroxylation is 1. The molecule has 7 nitrogen and oxygen atoms in total. The lowest BCUT2D eigenvalue weighted by atomic mass is 10.1. The molecule has 0 spiro atoms. The Hall–Kier alpha value is -4.14. The summed E-state index contributed by atoms with van der Waals surface area (Å²) in [5.41, 5.74) is 3.69. The van der Waals surface area contributed by atoms with E-state index in [1.54, 1.807) is 53.4 Å². The summed E-state index contributed by atoms with van der Waals surface area (Å²) in [5.74, 6) is -0.653. The predicted octanol–water partition coefficient (Wildman–Crippen LogP) is 5.99. The van der Waals surface area contributed by atoms with Crippen molar-refractivity contribution in [1.29, 1.82) is 0 Å². The molecule has 0 aromatic heterocycles. The van der Waals surface area contributed by atoms with Crippen LogP contribution in [-0.2, 0) is 16.4 Å². The van der Waals surface area contributed by atoms with Crippen LogP contribution in [0.5, 0.6) is 0 Å². The summed E-state index contributed by atoms with van der Waals surface area (Å²) in [4.78, 5) is 33.2. The van der Waals surface area contributed by atoms with Crippen molar-refractivity contribution in [3.8, 4) is 0 Å². The SMILES string of the molecule is Cc1cccc(N2CCN(C(=O)c3ccc4c(c3)N(Cc3ccc(Cl)cc3)C(=O)c3ccccc3S4(=O)=O)CC2C)c1. The zero-order valence-electron chi connectivity index (χ0n) is 23.3. The maximum Gasteiger partial charge on any atom is 0.259 e. The number of nitrogens with zero attached hydrogens (tertiary/aromatic N) is 3. The number of anilines is 2. The van der Waals surface area contributed by atoms with Crippen molar-refractivity contribution in [3.05, 3.63) is 118 Å². The highest BCUT2D eigenvalue weighted by Gasteiger charge is 2.37. The van der Waals surface area contributed by atoms with E-state index in [4.69, 9.17) is 11.6 Å². The second-order valence-electron chi connectivity index (χ2n) is 10.8. The third kappa shape index (κ3) is 5.05. The predicted molar refractivity (Wildman–Crippen MR) is 164 cm³/mol. The number of piperazine rings is 1. The van der Waals surface area contributed by atoms with Crippen molar-refractivity contribution in [2.45, 2.75) is 36.2 Å². The van der Waals surface area contributed by atoms with Gasteiger partial charge in [0.1, 0.15) is 0 Å². The number of hydrogen-bond donors (Lipinski definition) is 0. The number of benzene rings is 4. The average Bonchev–Trinajstić information content (AvgIpc) is 3.05. The van der Waals surface area contributed by atoms with Gasteiger partial charge in [-0.3, -0.25) is 9.59 Å². The normalized spacial score (nSPS) is 17.8. The second kappa shape index (κ2) is 10.9. The Bertz CT molecular complexity index is 1810. The molecule has 1 unspecified atom stereocenters. The molecule has 214 valence electrons. The van der Waals surface area contributed by atoms with Gasteiger partial charge >= 0.3 is 0 Å². The van der Waals surface area contributed by atoms with Crippen LogP contribution < -0.4 is 9.80 Å². The quantitative estimate of drug-likeness (QED) is 0.288. The Kier molecular flexibility index (Phi) is 7.29. The van der Waals surface area contributed by atoms with Gasteiger partial charge in [-0.15, -0.1) is 0 Å². The van der Waals surface area contributed by atoms with Crippen molar-refractivity contribution in [2.24, 2.45) is 0 Å². The lowest BCUT2D eigenvalue weighted by Gasteiger charge is -2.41. The molecular weight excluding hydrogens is 570 g/mol. The van der Waals surface area contributed by atoms with Crippen LogP contribution in [0.25, 0.3) is 0 Å². The van der Waals surface area contributed by atoms with Gasteiger partial charge in [-0.2, -0.15) is 0 Å².